The van der Waals surface area contributed by atoms with Crippen molar-refractivity contribution in [3.8, 4) is 5.75 Å². The van der Waals surface area contributed by atoms with Crippen molar-refractivity contribution in [3.63, 3.8) is 0 Å². The monoisotopic (exact) mass is 263 g/mol. The van der Waals surface area contributed by atoms with Gasteiger partial charge in [-0.05, 0) is 31.9 Å². The van der Waals surface area contributed by atoms with Gasteiger partial charge in [-0.25, -0.2) is 0 Å². The molecule has 0 aliphatic carbocycles. The van der Waals surface area contributed by atoms with Crippen LogP contribution in [-0.4, -0.2) is 25.3 Å². The fourth-order valence-corrected chi connectivity index (χ4v) is 2.89. The standard InChI is InChI=1S/C16H25NO2/c1-13(18)16-14(9-8-10-15(16)19-2)17-11-6-4-3-5-7-12-17/h8-10,13,18H,3-7,11-12H2,1-2H3. The molecule has 0 aromatic heterocycles. The highest BCUT2D eigenvalue weighted by atomic mass is 16.5. The number of ether oxygens (including phenoxy) is 1. The van der Waals surface area contributed by atoms with Crippen molar-refractivity contribution in [2.45, 2.75) is 45.1 Å². The van der Waals surface area contributed by atoms with Crippen molar-refractivity contribution < 1.29 is 9.84 Å². The van der Waals surface area contributed by atoms with Gasteiger partial charge in [0.2, 0.25) is 0 Å². The molecule has 0 bridgehead atoms. The van der Waals surface area contributed by atoms with Crippen LogP contribution in [0.3, 0.4) is 0 Å². The number of hydrogen-bond acceptors (Lipinski definition) is 3. The number of anilines is 1. The van der Waals surface area contributed by atoms with Gasteiger partial charge in [0.25, 0.3) is 0 Å². The lowest BCUT2D eigenvalue weighted by Crippen LogP contribution is -2.28. The molecule has 1 heterocycles. The molecule has 3 nitrogen and oxygen atoms in total. The molecule has 1 atom stereocenters. The number of nitrogens with zero attached hydrogens (tertiary/aromatic N) is 1. The molecule has 1 aromatic rings. The zero-order valence-electron chi connectivity index (χ0n) is 12.1. The van der Waals surface area contributed by atoms with E-state index in [0.29, 0.717) is 0 Å². The van der Waals surface area contributed by atoms with Gasteiger partial charge >= 0.3 is 0 Å². The average Bonchev–Trinajstić information content (AvgIpc) is 2.37. The van der Waals surface area contributed by atoms with Crippen LogP contribution < -0.4 is 9.64 Å². The zero-order valence-corrected chi connectivity index (χ0v) is 12.1. The van der Waals surface area contributed by atoms with Gasteiger partial charge in [-0.15, -0.1) is 0 Å². The van der Waals surface area contributed by atoms with Crippen molar-refractivity contribution in [3.05, 3.63) is 23.8 Å². The van der Waals surface area contributed by atoms with Crippen LogP contribution in [0.5, 0.6) is 5.75 Å². The van der Waals surface area contributed by atoms with E-state index >= 15 is 0 Å². The summed E-state index contributed by atoms with van der Waals surface area (Å²) in [5, 5.41) is 10.1. The van der Waals surface area contributed by atoms with E-state index in [1.807, 2.05) is 19.1 Å². The van der Waals surface area contributed by atoms with Crippen LogP contribution in [0.15, 0.2) is 18.2 Å². The molecule has 2 rings (SSSR count). The highest BCUT2D eigenvalue weighted by molar-refractivity contribution is 5.60. The number of hydrogen-bond donors (Lipinski definition) is 1. The summed E-state index contributed by atoms with van der Waals surface area (Å²) in [6.45, 7) is 3.96. The first-order valence-corrected chi connectivity index (χ1v) is 7.34. The summed E-state index contributed by atoms with van der Waals surface area (Å²) >= 11 is 0. The molecule has 1 saturated heterocycles. The Balaban J connectivity index is 2.30. The summed E-state index contributed by atoms with van der Waals surface area (Å²) in [6, 6.07) is 6.04. The van der Waals surface area contributed by atoms with Crippen LogP contribution in [0.4, 0.5) is 5.69 Å². The molecular formula is C16H25NO2. The Labute approximate surface area is 116 Å². The van der Waals surface area contributed by atoms with Gasteiger partial charge in [-0.1, -0.05) is 25.3 Å². The van der Waals surface area contributed by atoms with E-state index in [0.717, 1.165) is 30.1 Å². The second kappa shape index (κ2) is 6.80. The molecule has 1 aliphatic rings. The Morgan fingerprint density at radius 3 is 2.32 bits per heavy atom. The lowest BCUT2D eigenvalue weighted by Gasteiger charge is -2.30. The van der Waals surface area contributed by atoms with Crippen LogP contribution in [0, 0.1) is 0 Å². The summed E-state index contributed by atoms with van der Waals surface area (Å²) in [6.07, 6.45) is 5.94. The molecule has 1 N–H and O–H groups in total. The maximum Gasteiger partial charge on any atom is 0.126 e. The second-order valence-corrected chi connectivity index (χ2v) is 5.32. The van der Waals surface area contributed by atoms with Gasteiger partial charge in [0.15, 0.2) is 0 Å². The maximum absolute atomic E-state index is 10.1. The van der Waals surface area contributed by atoms with E-state index in [2.05, 4.69) is 11.0 Å². The third-order valence-corrected chi connectivity index (χ3v) is 3.88. The fraction of sp³-hybridized carbons (Fsp3) is 0.625. The fourth-order valence-electron chi connectivity index (χ4n) is 2.89. The van der Waals surface area contributed by atoms with Crippen molar-refractivity contribution >= 4 is 5.69 Å². The number of aliphatic hydroxyl groups excluding tert-OH is 1. The first kappa shape index (κ1) is 14.2. The molecule has 19 heavy (non-hydrogen) atoms. The molecule has 1 aromatic carbocycles. The SMILES string of the molecule is COc1cccc(N2CCCCCCC2)c1C(C)O. The van der Waals surface area contributed by atoms with Gasteiger partial charge in [0.1, 0.15) is 5.75 Å². The number of rotatable bonds is 3. The van der Waals surface area contributed by atoms with Crippen molar-refractivity contribution in [1.82, 2.24) is 0 Å². The Bertz CT molecular complexity index is 396. The van der Waals surface area contributed by atoms with Crippen LogP contribution >= 0.6 is 0 Å². The highest BCUT2D eigenvalue weighted by Crippen LogP contribution is 2.35. The molecule has 3 heteroatoms. The molecule has 0 spiro atoms. The van der Waals surface area contributed by atoms with Crippen molar-refractivity contribution in [2.75, 3.05) is 25.1 Å². The van der Waals surface area contributed by atoms with Crippen LogP contribution in [-0.2, 0) is 0 Å². The Hall–Kier alpha value is -1.22. The second-order valence-electron chi connectivity index (χ2n) is 5.32. The van der Waals surface area contributed by atoms with Gasteiger partial charge in [0, 0.05) is 24.3 Å². The van der Waals surface area contributed by atoms with E-state index in [4.69, 9.17) is 4.74 Å². The maximum atomic E-state index is 10.1. The number of methoxy groups -OCH3 is 1. The summed E-state index contributed by atoms with van der Waals surface area (Å²) in [5.41, 5.74) is 2.06. The Morgan fingerprint density at radius 1 is 1.11 bits per heavy atom. The Kier molecular flexibility index (Phi) is 5.08. The van der Waals surface area contributed by atoms with E-state index in [-0.39, 0.29) is 0 Å². The topological polar surface area (TPSA) is 32.7 Å². The molecule has 1 fully saturated rings. The van der Waals surface area contributed by atoms with E-state index in [9.17, 15) is 5.11 Å². The third kappa shape index (κ3) is 3.41. The minimum atomic E-state index is -0.503. The lowest BCUT2D eigenvalue weighted by atomic mass is 10.0. The highest BCUT2D eigenvalue weighted by Gasteiger charge is 2.19. The Morgan fingerprint density at radius 2 is 1.74 bits per heavy atom. The van der Waals surface area contributed by atoms with Gasteiger partial charge in [-0.2, -0.15) is 0 Å². The summed E-state index contributed by atoms with van der Waals surface area (Å²) in [7, 11) is 1.67. The minimum Gasteiger partial charge on any atom is -0.496 e. The molecule has 0 saturated carbocycles. The van der Waals surface area contributed by atoms with E-state index in [1.165, 1.54) is 32.1 Å². The van der Waals surface area contributed by atoms with Crippen molar-refractivity contribution in [2.24, 2.45) is 0 Å². The van der Waals surface area contributed by atoms with Crippen LogP contribution in [0.2, 0.25) is 0 Å². The first-order valence-electron chi connectivity index (χ1n) is 7.34. The summed E-state index contributed by atoms with van der Waals surface area (Å²) in [5.74, 6) is 0.787. The molecule has 0 radical (unpaired) electrons. The quantitative estimate of drug-likeness (QED) is 0.905. The first-order chi connectivity index (χ1) is 9.24. The molecular weight excluding hydrogens is 238 g/mol. The van der Waals surface area contributed by atoms with Gasteiger partial charge in [0.05, 0.1) is 13.2 Å². The predicted molar refractivity (Wildman–Crippen MR) is 78.9 cm³/mol. The lowest BCUT2D eigenvalue weighted by molar-refractivity contribution is 0.194. The normalized spacial score (nSPS) is 18.6. The minimum absolute atomic E-state index is 0.503. The molecule has 0 amide bonds. The summed E-state index contributed by atoms with van der Waals surface area (Å²) in [4.78, 5) is 2.41. The zero-order chi connectivity index (χ0) is 13.7. The smallest absolute Gasteiger partial charge is 0.126 e. The van der Waals surface area contributed by atoms with E-state index < -0.39 is 6.10 Å². The largest absolute Gasteiger partial charge is 0.496 e. The van der Waals surface area contributed by atoms with Crippen molar-refractivity contribution in [1.29, 1.82) is 0 Å². The van der Waals surface area contributed by atoms with Crippen LogP contribution in [0.1, 0.15) is 50.7 Å². The molecule has 1 unspecified atom stereocenters. The van der Waals surface area contributed by atoms with Gasteiger partial charge in [-0.3, -0.25) is 0 Å². The predicted octanol–water partition coefficient (Wildman–Crippen LogP) is 3.52. The number of benzene rings is 1. The number of aliphatic hydroxyl groups is 1. The van der Waals surface area contributed by atoms with Gasteiger partial charge < -0.3 is 14.7 Å². The summed E-state index contributed by atoms with van der Waals surface area (Å²) < 4.78 is 5.41. The third-order valence-electron chi connectivity index (χ3n) is 3.88. The average molecular weight is 263 g/mol. The molecule has 106 valence electrons. The van der Waals surface area contributed by atoms with Crippen LogP contribution in [0.25, 0.3) is 0 Å². The molecule has 1 aliphatic heterocycles. The van der Waals surface area contributed by atoms with E-state index in [1.54, 1.807) is 7.11 Å².